The van der Waals surface area contributed by atoms with Crippen molar-refractivity contribution in [2.24, 2.45) is 11.8 Å². The summed E-state index contributed by atoms with van der Waals surface area (Å²) in [5.74, 6) is 1.77. The molecule has 0 aromatic heterocycles. The van der Waals surface area contributed by atoms with Crippen LogP contribution in [0.15, 0.2) is 60.7 Å². The number of benzene rings is 2. The number of rotatable bonds is 8. The lowest BCUT2D eigenvalue weighted by Crippen LogP contribution is -2.62. The zero-order valence-electron chi connectivity index (χ0n) is 17.0. The number of hydrogen-bond acceptors (Lipinski definition) is 1. The van der Waals surface area contributed by atoms with E-state index in [2.05, 4.69) is 62.0 Å². The van der Waals surface area contributed by atoms with Crippen LogP contribution >= 0.6 is 0 Å². The average molecular weight is 379 g/mol. The van der Waals surface area contributed by atoms with Crippen LogP contribution in [0.25, 0.3) is 0 Å². The van der Waals surface area contributed by atoms with Gasteiger partial charge in [0.25, 0.3) is 0 Å². The van der Waals surface area contributed by atoms with Crippen LogP contribution in [0.5, 0.6) is 0 Å². The Morgan fingerprint density at radius 2 is 1.44 bits per heavy atom. The summed E-state index contributed by atoms with van der Waals surface area (Å²) in [5.41, 5.74) is 0. The Hall–Kier alpha value is -1.67. The molecule has 1 aliphatic rings. The summed E-state index contributed by atoms with van der Waals surface area (Å²) in [6.45, 7) is 4.66. The zero-order chi connectivity index (χ0) is 19.1. The van der Waals surface area contributed by atoms with Gasteiger partial charge in [0.1, 0.15) is 5.41 Å². The van der Waals surface area contributed by atoms with Gasteiger partial charge in [0.2, 0.25) is 0 Å². The number of hydrogen-bond donors (Lipinski definition) is 0. The van der Waals surface area contributed by atoms with Gasteiger partial charge in [0.05, 0.1) is 0 Å². The van der Waals surface area contributed by atoms with Crippen LogP contribution in [-0.2, 0) is 4.79 Å². The first-order valence-electron chi connectivity index (χ1n) is 10.8. The van der Waals surface area contributed by atoms with E-state index in [1.165, 1.54) is 48.9 Å². The molecule has 27 heavy (non-hydrogen) atoms. The minimum atomic E-state index is -2.35. The molecule has 1 nitrogen and oxygen atoms in total. The van der Waals surface area contributed by atoms with E-state index in [-0.39, 0.29) is 0 Å². The van der Waals surface area contributed by atoms with Gasteiger partial charge < -0.3 is 4.79 Å². The van der Waals surface area contributed by atoms with Gasteiger partial charge in [0, 0.05) is 6.42 Å². The first-order valence-corrected chi connectivity index (χ1v) is 13.3. The highest BCUT2D eigenvalue weighted by Crippen LogP contribution is 2.33. The van der Waals surface area contributed by atoms with Gasteiger partial charge in [-0.15, -0.1) is 0 Å². The van der Waals surface area contributed by atoms with Crippen LogP contribution in [0.4, 0.5) is 0 Å². The highest BCUT2D eigenvalue weighted by Gasteiger charge is 2.39. The molecule has 0 aliphatic heterocycles. The molecule has 1 fully saturated rings. The third-order valence-corrected chi connectivity index (χ3v) is 11.1. The Morgan fingerprint density at radius 1 is 0.889 bits per heavy atom. The fourth-order valence-electron chi connectivity index (χ4n) is 4.80. The minimum Gasteiger partial charge on any atom is -0.305 e. The van der Waals surface area contributed by atoms with E-state index in [9.17, 15) is 4.79 Å². The van der Waals surface area contributed by atoms with E-state index in [0.717, 1.165) is 24.7 Å². The maximum Gasteiger partial charge on any atom is 0.190 e. The summed E-state index contributed by atoms with van der Waals surface area (Å²) in [6.07, 6.45) is 9.90. The largest absolute Gasteiger partial charge is 0.305 e. The molecule has 0 spiro atoms. The van der Waals surface area contributed by atoms with Crippen LogP contribution < -0.4 is 10.4 Å². The summed E-state index contributed by atoms with van der Waals surface area (Å²) in [4.78, 5) is 13.4. The van der Waals surface area contributed by atoms with E-state index >= 15 is 0 Å². The molecule has 2 atom stereocenters. The monoisotopic (exact) mass is 378 g/mol. The molecular formula is C25H34OSi. The van der Waals surface area contributed by atoms with Crippen LogP contribution in [0.2, 0.25) is 6.55 Å². The van der Waals surface area contributed by atoms with E-state index < -0.39 is 8.07 Å². The summed E-state index contributed by atoms with van der Waals surface area (Å²) in [6, 6.07) is 21.0. The van der Waals surface area contributed by atoms with Crippen molar-refractivity contribution in [1.82, 2.24) is 0 Å². The van der Waals surface area contributed by atoms with Gasteiger partial charge >= 0.3 is 0 Å². The summed E-state index contributed by atoms with van der Waals surface area (Å²) in [7, 11) is -2.35. The lowest BCUT2D eigenvalue weighted by atomic mass is 9.78. The molecule has 0 heterocycles. The lowest BCUT2D eigenvalue weighted by molar-refractivity contribution is -0.112. The van der Waals surface area contributed by atoms with E-state index in [0.29, 0.717) is 5.41 Å². The average Bonchev–Trinajstić information content (AvgIpc) is 2.73. The Labute approximate surface area is 166 Å². The highest BCUT2D eigenvalue weighted by atomic mass is 28.3. The molecule has 0 radical (unpaired) electrons. The summed E-state index contributed by atoms with van der Waals surface area (Å²) < 4.78 is 0. The Bertz CT molecular complexity index is 670. The first kappa shape index (κ1) is 20.1. The van der Waals surface area contributed by atoms with Crippen molar-refractivity contribution in [2.45, 2.75) is 64.8 Å². The van der Waals surface area contributed by atoms with Crippen molar-refractivity contribution in [2.75, 3.05) is 0 Å². The van der Waals surface area contributed by atoms with Gasteiger partial charge in [-0.3, -0.25) is 0 Å². The Morgan fingerprint density at radius 3 is 2.00 bits per heavy atom. The van der Waals surface area contributed by atoms with Crippen molar-refractivity contribution in [3.8, 4) is 0 Å². The first-order chi connectivity index (χ1) is 13.1. The third kappa shape index (κ3) is 4.79. The quantitative estimate of drug-likeness (QED) is 0.445. The topological polar surface area (TPSA) is 17.1 Å². The molecule has 0 bridgehead atoms. The zero-order valence-corrected chi connectivity index (χ0v) is 18.0. The second kappa shape index (κ2) is 9.50. The van der Waals surface area contributed by atoms with E-state index in [1.54, 1.807) is 0 Å². The predicted molar refractivity (Wildman–Crippen MR) is 118 cm³/mol. The molecule has 1 saturated carbocycles. The minimum absolute atomic E-state index is 0.483. The van der Waals surface area contributed by atoms with Crippen LogP contribution in [0, 0.1) is 11.8 Å². The van der Waals surface area contributed by atoms with Gasteiger partial charge in [0.15, 0.2) is 8.07 Å². The molecule has 2 aromatic rings. The standard InChI is InChI=1S/C25H34OSi/c1-21-13-9-10-14-22(21)15-11-12-20-25(26)27(2,23-16-5-3-6-17-23)24-18-7-4-8-19-24/h3-8,16-19,21-22H,9-15,20H2,1-2H3. The van der Waals surface area contributed by atoms with Crippen molar-refractivity contribution >= 4 is 23.9 Å². The number of unbranched alkanes of at least 4 members (excludes halogenated alkanes) is 1. The maximum atomic E-state index is 13.4. The Balaban J connectivity index is 1.65. The normalized spacial score (nSPS) is 20.4. The van der Waals surface area contributed by atoms with Crippen molar-refractivity contribution in [3.05, 3.63) is 60.7 Å². The molecule has 0 saturated heterocycles. The second-order valence-electron chi connectivity index (χ2n) is 8.55. The van der Waals surface area contributed by atoms with Crippen molar-refractivity contribution < 1.29 is 4.79 Å². The van der Waals surface area contributed by atoms with Gasteiger partial charge in [-0.25, -0.2) is 0 Å². The van der Waals surface area contributed by atoms with Crippen LogP contribution in [0.1, 0.15) is 58.3 Å². The molecule has 2 heteroatoms. The van der Waals surface area contributed by atoms with Crippen LogP contribution in [0.3, 0.4) is 0 Å². The Kier molecular flexibility index (Phi) is 7.06. The molecule has 2 unspecified atom stereocenters. The van der Waals surface area contributed by atoms with Gasteiger partial charge in [-0.1, -0.05) is 113 Å². The summed E-state index contributed by atoms with van der Waals surface area (Å²) in [5, 5.41) is 2.96. The van der Waals surface area contributed by atoms with E-state index in [4.69, 9.17) is 0 Å². The maximum absolute atomic E-state index is 13.4. The molecule has 1 aliphatic carbocycles. The molecule has 0 N–H and O–H groups in total. The molecular weight excluding hydrogens is 344 g/mol. The molecule has 3 rings (SSSR count). The van der Waals surface area contributed by atoms with Crippen molar-refractivity contribution in [1.29, 1.82) is 0 Å². The van der Waals surface area contributed by atoms with Crippen molar-refractivity contribution in [3.63, 3.8) is 0 Å². The van der Waals surface area contributed by atoms with Gasteiger partial charge in [-0.05, 0) is 28.6 Å². The molecule has 2 aromatic carbocycles. The lowest BCUT2D eigenvalue weighted by Gasteiger charge is -2.29. The smallest absolute Gasteiger partial charge is 0.190 e. The van der Waals surface area contributed by atoms with Gasteiger partial charge in [-0.2, -0.15) is 0 Å². The number of carbonyl (C=O) groups is 1. The predicted octanol–water partition coefficient (Wildman–Crippen LogP) is 5.37. The second-order valence-corrected chi connectivity index (χ2v) is 12.5. The SMILES string of the molecule is CC1CCCCC1CCCCC(=O)[Si](C)(c1ccccc1)c1ccccc1. The number of carbonyl (C=O) groups excluding carboxylic acids is 1. The molecule has 144 valence electrons. The fourth-order valence-corrected chi connectivity index (χ4v) is 8.17. The summed E-state index contributed by atoms with van der Waals surface area (Å²) >= 11 is 0. The van der Waals surface area contributed by atoms with Crippen LogP contribution in [-0.4, -0.2) is 13.5 Å². The fraction of sp³-hybridized carbons (Fsp3) is 0.480. The third-order valence-electron chi connectivity index (χ3n) is 6.78. The molecule has 0 amide bonds. The van der Waals surface area contributed by atoms with E-state index in [1.807, 2.05) is 12.1 Å². The highest BCUT2D eigenvalue weighted by molar-refractivity contribution is 7.21.